The summed E-state index contributed by atoms with van der Waals surface area (Å²) in [5, 5.41) is 31.3. The van der Waals surface area contributed by atoms with Gasteiger partial charge in [0, 0.05) is 81.8 Å². The number of aliphatic imine (C=N–C) groups is 1. The number of carbonyl (C=O) groups is 8. The van der Waals surface area contributed by atoms with E-state index in [0.717, 1.165) is 58.6 Å². The standard InChI is InChI=1S/C67H96N18O8/c1-9-84(10-2)49-30-32-51-58(40-49)85(48-19-12-11-13-20-48)57-39-46(27-31-50(57)76-51)82-81-45-25-28-47(29-26-45)83(8)36-18-24-59(86)72-33-15-14-21-54(65(92)75-44(7)62(89)78-52(61(68)88)22-16-35-73-67(69)70)79-66(93)56(38-43(5)6)77-60(87)41-74-63(90)55(37-42(3)4)80-64(91)53-23-17-34-71-53/h11-13,19-20,25-32,39-40,42-44,52-56,71H,9-10,14-18,21-24,33-38,41H2,1-8H3,(H12-,68,69,70,72,73,74,75,77,78,79,80,86,87,88,89,90,91,92,93)/p+1/t44-,52-,53-,54-,55-,56-/m0/s1. The summed E-state index contributed by atoms with van der Waals surface area (Å²) in [6.45, 7) is 16.3. The highest BCUT2D eigenvalue weighted by molar-refractivity contribution is 5.96. The molecule has 0 unspecified atom stereocenters. The molecule has 1 aliphatic rings. The van der Waals surface area contributed by atoms with Crippen LogP contribution in [0.3, 0.4) is 0 Å². The molecule has 14 N–H and O–H groups in total. The molecule has 6 atom stereocenters. The van der Waals surface area contributed by atoms with Crippen LogP contribution in [0.5, 0.6) is 0 Å². The van der Waals surface area contributed by atoms with E-state index in [1.54, 1.807) is 0 Å². The zero-order valence-corrected chi connectivity index (χ0v) is 55.1. The summed E-state index contributed by atoms with van der Waals surface area (Å²) in [4.78, 5) is 120. The van der Waals surface area contributed by atoms with Gasteiger partial charge in [0.15, 0.2) is 5.96 Å². The van der Waals surface area contributed by atoms with Crippen molar-refractivity contribution in [2.45, 2.75) is 155 Å². The minimum Gasteiger partial charge on any atom is -0.375 e. The van der Waals surface area contributed by atoms with Gasteiger partial charge in [0.2, 0.25) is 64.0 Å². The molecule has 5 aromatic rings. The fourth-order valence-electron chi connectivity index (χ4n) is 10.9. The van der Waals surface area contributed by atoms with Crippen molar-refractivity contribution in [2.24, 2.45) is 44.3 Å². The van der Waals surface area contributed by atoms with Gasteiger partial charge in [0.1, 0.15) is 41.2 Å². The van der Waals surface area contributed by atoms with E-state index in [4.69, 9.17) is 22.2 Å². The first-order valence-corrected chi connectivity index (χ1v) is 32.5. The Morgan fingerprint density at radius 2 is 1.25 bits per heavy atom. The van der Waals surface area contributed by atoms with Crippen molar-refractivity contribution < 1.29 is 42.9 Å². The number of para-hydroxylation sites is 1. The maximum absolute atomic E-state index is 14.1. The smallest absolute Gasteiger partial charge is 0.243 e. The van der Waals surface area contributed by atoms with Gasteiger partial charge < -0.3 is 69.5 Å². The molecule has 0 saturated carbocycles. The number of guanidine groups is 1. The van der Waals surface area contributed by atoms with Gasteiger partial charge in [0.05, 0.1) is 24.0 Å². The second kappa shape index (κ2) is 36.6. The van der Waals surface area contributed by atoms with Crippen LogP contribution < -0.4 is 74.1 Å². The summed E-state index contributed by atoms with van der Waals surface area (Å²) in [6.07, 6.45) is 4.09. The quantitative estimate of drug-likeness (QED) is 0.00657. The van der Waals surface area contributed by atoms with Gasteiger partial charge >= 0.3 is 0 Å². The molecular weight excluding hydrogens is 1180 g/mol. The Bertz CT molecular complexity index is 3390. The molecular formula is C67H97N18O8+. The van der Waals surface area contributed by atoms with Crippen LogP contribution >= 0.6 is 0 Å². The highest BCUT2D eigenvalue weighted by Gasteiger charge is 2.32. The number of hydrogen-bond acceptors (Lipinski definition) is 15. The summed E-state index contributed by atoms with van der Waals surface area (Å²) in [5.41, 5.74) is 24.4. The largest absolute Gasteiger partial charge is 0.375 e. The van der Waals surface area contributed by atoms with Gasteiger partial charge in [-0.1, -0.05) is 45.9 Å². The van der Waals surface area contributed by atoms with Gasteiger partial charge in [-0.3, -0.25) is 43.3 Å². The van der Waals surface area contributed by atoms with Gasteiger partial charge in [-0.25, -0.2) is 4.98 Å². The lowest BCUT2D eigenvalue weighted by atomic mass is 10.0. The van der Waals surface area contributed by atoms with Crippen molar-refractivity contribution in [1.29, 1.82) is 0 Å². The van der Waals surface area contributed by atoms with Crippen molar-refractivity contribution in [3.63, 3.8) is 0 Å². The molecule has 8 amide bonds. The van der Waals surface area contributed by atoms with E-state index in [1.807, 2.05) is 95.4 Å². The molecule has 26 heteroatoms. The average molecular weight is 1280 g/mol. The summed E-state index contributed by atoms with van der Waals surface area (Å²) in [5.74, 6) is -4.78. The number of benzene rings is 4. The number of rotatable bonds is 37. The van der Waals surface area contributed by atoms with E-state index in [9.17, 15) is 38.4 Å². The van der Waals surface area contributed by atoms with E-state index in [0.29, 0.717) is 63.0 Å². The molecule has 0 bridgehead atoms. The number of aromatic nitrogens is 2. The normalized spacial score (nSPS) is 14.6. The predicted molar refractivity (Wildman–Crippen MR) is 362 cm³/mol. The highest BCUT2D eigenvalue weighted by Crippen LogP contribution is 2.28. The maximum Gasteiger partial charge on any atom is 0.243 e. The molecule has 0 aliphatic carbocycles. The van der Waals surface area contributed by atoms with Crippen molar-refractivity contribution in [2.75, 3.05) is 62.7 Å². The van der Waals surface area contributed by atoms with Crippen molar-refractivity contribution in [3.05, 3.63) is 91.0 Å². The molecule has 2 heterocycles. The average Bonchev–Trinajstić information content (AvgIpc) is 0.999. The number of unbranched alkanes of at least 4 members (excludes halogenated alkanes) is 1. The molecule has 93 heavy (non-hydrogen) atoms. The van der Waals surface area contributed by atoms with Gasteiger partial charge in [-0.2, -0.15) is 10.2 Å². The monoisotopic (exact) mass is 1280 g/mol. The third kappa shape index (κ3) is 23.1. The van der Waals surface area contributed by atoms with Crippen LogP contribution in [0.4, 0.5) is 22.7 Å². The summed E-state index contributed by atoms with van der Waals surface area (Å²) in [6, 6.07) is 24.3. The summed E-state index contributed by atoms with van der Waals surface area (Å²) < 4.78 is 2.22. The van der Waals surface area contributed by atoms with E-state index in [-0.39, 0.29) is 68.4 Å². The molecule has 6 rings (SSSR count). The summed E-state index contributed by atoms with van der Waals surface area (Å²) in [7, 11) is 1.95. The first-order valence-electron chi connectivity index (χ1n) is 32.5. The van der Waals surface area contributed by atoms with Gasteiger partial charge in [-0.15, -0.1) is 4.57 Å². The van der Waals surface area contributed by atoms with Crippen molar-refractivity contribution in [3.8, 4) is 5.69 Å². The van der Waals surface area contributed by atoms with Crippen LogP contribution in [0.25, 0.3) is 27.8 Å². The highest BCUT2D eigenvalue weighted by atomic mass is 16.2. The summed E-state index contributed by atoms with van der Waals surface area (Å²) >= 11 is 0. The van der Waals surface area contributed by atoms with Crippen molar-refractivity contribution in [1.82, 2.24) is 47.5 Å². The molecule has 1 aliphatic heterocycles. The molecule has 4 aromatic carbocycles. The third-order valence-electron chi connectivity index (χ3n) is 16.0. The van der Waals surface area contributed by atoms with Gasteiger partial charge in [-0.05, 0) is 152 Å². The first kappa shape index (κ1) is 72.7. The second-order valence-corrected chi connectivity index (χ2v) is 24.4. The van der Waals surface area contributed by atoms with Crippen LogP contribution in [0, 0.1) is 11.8 Å². The number of carbonyl (C=O) groups excluding carboxylic acids is 8. The van der Waals surface area contributed by atoms with Crippen LogP contribution in [0.2, 0.25) is 0 Å². The lowest BCUT2D eigenvalue weighted by Gasteiger charge is -2.26. The Morgan fingerprint density at radius 3 is 1.89 bits per heavy atom. The van der Waals surface area contributed by atoms with E-state index in [1.165, 1.54) is 6.92 Å². The Labute approximate surface area is 545 Å². The SMILES string of the molecule is CCN(CC)c1ccc2nc3ccc(N=Nc4ccc(N(C)CCCC(=O)NCCCC[C@H](NC(=O)[C@H](CC(C)C)NC(=O)CNC(=O)[C@H](CC(C)C)NC(=O)[C@@H]5CCCN5)C(=O)N[C@@H](C)C(=O)N[C@@H](CCCN=C(N)N)C(N)=O)cc4)cc3[n+](-c3ccccc3)c2c1. The van der Waals surface area contributed by atoms with Gasteiger partial charge in [0.25, 0.3) is 0 Å². The number of nitrogens with one attached hydrogen (secondary N) is 8. The lowest BCUT2D eigenvalue weighted by molar-refractivity contribution is -0.538. The molecule has 0 spiro atoms. The van der Waals surface area contributed by atoms with Crippen LogP contribution in [0.15, 0.2) is 106 Å². The Kier molecular flexibility index (Phi) is 28.7. The number of nitrogens with two attached hydrogens (primary N) is 3. The van der Waals surface area contributed by atoms with E-state index < -0.39 is 78.2 Å². The lowest BCUT2D eigenvalue weighted by Crippen LogP contribution is -2.58. The topological polar surface area (TPSA) is 371 Å². The Hall–Kier alpha value is -9.33. The minimum atomic E-state index is -1.22. The van der Waals surface area contributed by atoms with E-state index >= 15 is 0 Å². The number of hydrogen-bond donors (Lipinski definition) is 11. The molecule has 502 valence electrons. The molecule has 26 nitrogen and oxygen atoms in total. The Morgan fingerprint density at radius 1 is 0.634 bits per heavy atom. The van der Waals surface area contributed by atoms with Crippen LogP contribution in [-0.4, -0.2) is 147 Å². The fraction of sp³-hybridized carbons (Fsp3) is 0.507. The minimum absolute atomic E-state index is 0.0479. The predicted octanol–water partition coefficient (Wildman–Crippen LogP) is 4.37. The van der Waals surface area contributed by atoms with Crippen LogP contribution in [0.1, 0.15) is 119 Å². The number of primary amides is 1. The van der Waals surface area contributed by atoms with E-state index in [2.05, 4.69) is 116 Å². The van der Waals surface area contributed by atoms with Crippen LogP contribution in [-0.2, 0) is 38.4 Å². The number of fused-ring (bicyclic) bond motifs is 2. The molecule has 1 aromatic heterocycles. The zero-order chi connectivity index (χ0) is 67.6. The fourth-order valence-corrected chi connectivity index (χ4v) is 10.9. The molecule has 1 fully saturated rings. The Balaban J connectivity index is 1.02. The first-order chi connectivity index (χ1) is 44.5. The number of anilines is 2. The van der Waals surface area contributed by atoms with Crippen molar-refractivity contribution >= 4 is 98.0 Å². The molecule has 1 saturated heterocycles. The maximum atomic E-state index is 14.1. The molecule has 0 radical (unpaired) electrons. The number of azo groups is 1. The number of amides is 8. The number of nitrogens with zero attached hydrogens (tertiary/aromatic N) is 7. The third-order valence-corrected chi connectivity index (χ3v) is 16.0. The second-order valence-electron chi connectivity index (χ2n) is 24.4. The zero-order valence-electron chi connectivity index (χ0n) is 55.1.